The van der Waals surface area contributed by atoms with E-state index in [-0.39, 0.29) is 17.9 Å². The molecule has 0 N–H and O–H groups in total. The van der Waals surface area contributed by atoms with Gasteiger partial charge in [-0.15, -0.1) is 0 Å². The number of ketones is 1. The van der Waals surface area contributed by atoms with Crippen molar-refractivity contribution in [3.63, 3.8) is 0 Å². The van der Waals surface area contributed by atoms with Crippen LogP contribution in [0.4, 0.5) is 29.2 Å². The van der Waals surface area contributed by atoms with Crippen LogP contribution in [0.3, 0.4) is 0 Å². The van der Waals surface area contributed by atoms with Crippen LogP contribution in [-0.2, 0) is 0 Å². The Morgan fingerprint density at radius 1 is 0.655 bits per heavy atom. The molecule has 0 radical (unpaired) electrons. The maximum absolute atomic E-state index is 14.4. The maximum Gasteiger partial charge on any atom is 0.183 e. The number of benzene rings is 2. The van der Waals surface area contributed by atoms with Gasteiger partial charge >= 0.3 is 0 Å². The fourth-order valence-electron chi connectivity index (χ4n) is 7.68. The van der Waals surface area contributed by atoms with Crippen LogP contribution in [0, 0.1) is 26.8 Å². The second-order valence-electron chi connectivity index (χ2n) is 14.0. The van der Waals surface area contributed by atoms with Crippen LogP contribution in [0.15, 0.2) is 98.1 Å². The number of Topliss-reactive ketones (excluding diaryl/α,β-unsaturated/α-hetero) is 1. The van der Waals surface area contributed by atoms with Gasteiger partial charge in [0, 0.05) is 49.0 Å². The topological polar surface area (TPSA) is 120 Å². The van der Waals surface area contributed by atoms with Crippen LogP contribution in [0.25, 0.3) is 22.7 Å². The molecule has 0 bridgehead atoms. The van der Waals surface area contributed by atoms with E-state index in [9.17, 15) is 22.4 Å². The second kappa shape index (κ2) is 15.3. The smallest absolute Gasteiger partial charge is 0.183 e. The second-order valence-corrected chi connectivity index (χ2v) is 15.3. The molecule has 294 valence electrons. The number of halogens is 5. The zero-order valence-electron chi connectivity index (χ0n) is 30.8. The Hall–Kier alpha value is -6.18. The van der Waals surface area contributed by atoms with Gasteiger partial charge in [0.05, 0.1) is 46.0 Å². The van der Waals surface area contributed by atoms with E-state index >= 15 is 0 Å². The quantitative estimate of drug-likeness (QED) is 0.0895. The highest BCUT2D eigenvalue weighted by molar-refractivity contribution is 14.1. The minimum atomic E-state index is -0.459. The van der Waals surface area contributed by atoms with Crippen molar-refractivity contribution in [3.05, 3.63) is 142 Å². The number of carbonyl (C=O) groups excluding carboxylic acids is 1. The Morgan fingerprint density at radius 2 is 1.16 bits per heavy atom. The molecule has 0 spiro atoms. The van der Waals surface area contributed by atoms with Crippen LogP contribution in [0.1, 0.15) is 66.2 Å². The summed E-state index contributed by atoms with van der Waals surface area (Å²) >= 11 is 2.20. The van der Waals surface area contributed by atoms with Crippen LogP contribution < -0.4 is 9.80 Å². The molecule has 0 unspecified atom stereocenters. The summed E-state index contributed by atoms with van der Waals surface area (Å²) in [6, 6.07) is 10.3. The first-order valence-corrected chi connectivity index (χ1v) is 19.6. The predicted molar refractivity (Wildman–Crippen MR) is 214 cm³/mol. The summed E-state index contributed by atoms with van der Waals surface area (Å²) in [4.78, 5) is 25.1. The lowest BCUT2D eigenvalue weighted by molar-refractivity contribution is 0.101. The average Bonchev–Trinajstić information content (AvgIpc) is 4.08. The summed E-state index contributed by atoms with van der Waals surface area (Å²) in [7, 11) is 0. The number of hydrogen-bond donors (Lipinski definition) is 0. The molecule has 2 fully saturated rings. The first-order valence-electron chi connectivity index (χ1n) is 18.5. The molecular weight excluding hydrogens is 867 g/mol. The van der Waals surface area contributed by atoms with Gasteiger partial charge in [0.2, 0.25) is 0 Å². The lowest BCUT2D eigenvalue weighted by Crippen LogP contribution is -2.24. The Balaban J connectivity index is 0.000000151. The van der Waals surface area contributed by atoms with Gasteiger partial charge in [-0.2, -0.15) is 20.4 Å². The molecule has 13 nitrogen and oxygen atoms in total. The Bertz CT molecular complexity index is 2820. The molecule has 8 heterocycles. The van der Waals surface area contributed by atoms with E-state index in [0.717, 1.165) is 53.3 Å². The van der Waals surface area contributed by atoms with Crippen molar-refractivity contribution in [1.29, 1.82) is 0 Å². The van der Waals surface area contributed by atoms with Gasteiger partial charge in [-0.3, -0.25) is 4.79 Å². The molecule has 2 aliphatic rings. The largest absolute Gasteiger partial charge is 0.349 e. The number of rotatable bonds is 7. The van der Waals surface area contributed by atoms with Crippen molar-refractivity contribution >= 4 is 51.3 Å². The number of carbonyl (C=O) groups is 1. The fraction of sp³-hybridized carbons (Fsp3) is 0.225. The van der Waals surface area contributed by atoms with Crippen molar-refractivity contribution in [2.45, 2.75) is 44.7 Å². The SMILES string of the molecule is CC(=O)c1cnn(-c2cnn3ccc(N4CCC[C@@H]4c4cc(F)ccc4F)nc23)c1.Fc1ccc(F)c([C@H]2CCCN2c2ccn3ncc(-n4cc(I)cn4)c3n2)c1. The molecule has 2 aromatic carbocycles. The zero-order valence-corrected chi connectivity index (χ0v) is 33.0. The first kappa shape index (κ1) is 37.4. The molecule has 10 rings (SSSR count). The zero-order chi connectivity index (χ0) is 40.1. The van der Waals surface area contributed by atoms with Crippen molar-refractivity contribution in [1.82, 2.24) is 48.8 Å². The van der Waals surface area contributed by atoms with E-state index in [0.29, 0.717) is 58.3 Å². The standard InChI is InChI=1S/C21H18F2N6O.C19H15F2IN6/c1-13(30)14-10-24-29(12-14)19-11-25-28-8-6-20(26-21(19)28)27-7-2-3-18(27)16-9-15(22)4-5-17(16)23;20-12-3-4-15(21)14(8-12)16-2-1-6-26(16)18-5-7-27-19(25-18)17(10-24-27)28-11-13(22)9-23-28/h4-6,8-12,18H,2-3,7H2,1H3;3-5,7-11,16H,1-2,6H2/t18-;16-/m11/s1. The van der Waals surface area contributed by atoms with Gasteiger partial charge < -0.3 is 9.80 Å². The van der Waals surface area contributed by atoms with E-state index in [1.54, 1.807) is 49.4 Å². The van der Waals surface area contributed by atoms with Gasteiger partial charge in [0.15, 0.2) is 17.1 Å². The molecule has 58 heavy (non-hydrogen) atoms. The Morgan fingerprint density at radius 3 is 1.62 bits per heavy atom. The molecule has 6 aromatic heterocycles. The van der Waals surface area contributed by atoms with Gasteiger partial charge in [-0.25, -0.2) is 45.9 Å². The van der Waals surface area contributed by atoms with Gasteiger partial charge in [-0.1, -0.05) is 0 Å². The molecular formula is C40H33F4IN12O. The van der Waals surface area contributed by atoms with E-state index in [1.165, 1.54) is 31.3 Å². The van der Waals surface area contributed by atoms with E-state index in [1.807, 2.05) is 34.3 Å². The highest BCUT2D eigenvalue weighted by Gasteiger charge is 2.31. The maximum atomic E-state index is 14.4. The first-order chi connectivity index (χ1) is 28.1. The Kier molecular flexibility index (Phi) is 9.86. The molecule has 2 saturated heterocycles. The third kappa shape index (κ3) is 7.05. The summed E-state index contributed by atoms with van der Waals surface area (Å²) in [6.07, 6.45) is 16.9. The Labute approximate surface area is 341 Å². The van der Waals surface area contributed by atoms with Crippen molar-refractivity contribution in [2.75, 3.05) is 22.9 Å². The van der Waals surface area contributed by atoms with Crippen LogP contribution in [0.2, 0.25) is 0 Å². The van der Waals surface area contributed by atoms with Crippen LogP contribution in [-0.4, -0.2) is 67.6 Å². The monoisotopic (exact) mass is 900 g/mol. The van der Waals surface area contributed by atoms with Crippen LogP contribution >= 0.6 is 22.6 Å². The number of hydrogen-bond acceptors (Lipinski definition) is 9. The normalized spacial score (nSPS) is 16.7. The summed E-state index contributed by atoms with van der Waals surface area (Å²) in [6.45, 7) is 2.89. The molecule has 8 aromatic rings. The summed E-state index contributed by atoms with van der Waals surface area (Å²) in [5, 5.41) is 17.2. The van der Waals surface area contributed by atoms with E-state index < -0.39 is 23.3 Å². The number of nitrogens with zero attached hydrogens (tertiary/aromatic N) is 12. The number of aromatic nitrogens is 10. The molecule has 0 saturated carbocycles. The molecule has 2 aliphatic heterocycles. The van der Waals surface area contributed by atoms with E-state index in [4.69, 9.17) is 9.97 Å². The average molecular weight is 901 g/mol. The minimum Gasteiger partial charge on any atom is -0.349 e. The lowest BCUT2D eigenvalue weighted by atomic mass is 10.0. The summed E-state index contributed by atoms with van der Waals surface area (Å²) in [5.41, 5.74) is 3.79. The third-order valence-corrected chi connectivity index (χ3v) is 11.0. The molecule has 0 aliphatic carbocycles. The minimum absolute atomic E-state index is 0.0802. The van der Waals surface area contributed by atoms with Crippen molar-refractivity contribution in [2.24, 2.45) is 0 Å². The van der Waals surface area contributed by atoms with Crippen molar-refractivity contribution < 1.29 is 22.4 Å². The fourth-order valence-corrected chi connectivity index (χ4v) is 8.06. The predicted octanol–water partition coefficient (Wildman–Crippen LogP) is 7.88. The van der Waals surface area contributed by atoms with Gasteiger partial charge in [-0.05, 0) is 104 Å². The highest BCUT2D eigenvalue weighted by atomic mass is 127. The summed E-state index contributed by atoms with van der Waals surface area (Å²) < 4.78 is 63.8. The molecule has 2 atom stereocenters. The van der Waals surface area contributed by atoms with Crippen LogP contribution in [0.5, 0.6) is 0 Å². The highest BCUT2D eigenvalue weighted by Crippen LogP contribution is 2.38. The lowest BCUT2D eigenvalue weighted by Gasteiger charge is -2.26. The molecule has 18 heteroatoms. The van der Waals surface area contributed by atoms with E-state index in [2.05, 4.69) is 43.0 Å². The number of anilines is 2. The molecule has 0 amide bonds. The summed E-state index contributed by atoms with van der Waals surface area (Å²) in [5.74, 6) is -0.430. The van der Waals surface area contributed by atoms with Gasteiger partial charge in [0.25, 0.3) is 0 Å². The third-order valence-electron chi connectivity index (χ3n) is 10.4. The van der Waals surface area contributed by atoms with Gasteiger partial charge in [0.1, 0.15) is 46.3 Å². The number of fused-ring (bicyclic) bond motifs is 2. The van der Waals surface area contributed by atoms with Crippen molar-refractivity contribution in [3.8, 4) is 11.4 Å².